The van der Waals surface area contributed by atoms with Gasteiger partial charge in [-0.1, -0.05) is 11.6 Å². The summed E-state index contributed by atoms with van der Waals surface area (Å²) in [6.45, 7) is 5.49. The maximum atomic E-state index is 13.4. The van der Waals surface area contributed by atoms with Gasteiger partial charge in [0, 0.05) is 23.4 Å². The number of nitrogens with one attached hydrogen (secondary N) is 1. The number of aryl methyl sites for hydroxylation is 2. The third-order valence-electron chi connectivity index (χ3n) is 5.07. The SMILES string of the molecule is COC(=O)c1cc(S(=O)(=O)NCCc2nc(-c3ccc(F)c(Cl)c3)sc2C)cc(C)c1C. The summed E-state index contributed by atoms with van der Waals surface area (Å²) in [6.07, 6.45) is 0.366. The number of hydrogen-bond acceptors (Lipinski definition) is 6. The molecule has 0 aliphatic heterocycles. The zero-order valence-electron chi connectivity index (χ0n) is 18.0. The third-order valence-corrected chi connectivity index (χ3v) is 7.86. The molecule has 10 heteroatoms. The normalized spacial score (nSPS) is 11.6. The molecule has 0 aliphatic rings. The molecule has 0 fully saturated rings. The highest BCUT2D eigenvalue weighted by molar-refractivity contribution is 7.89. The minimum absolute atomic E-state index is 0.00218. The lowest BCUT2D eigenvalue weighted by molar-refractivity contribution is 0.0599. The van der Waals surface area contributed by atoms with Crippen molar-refractivity contribution in [2.45, 2.75) is 32.1 Å². The molecule has 0 saturated heterocycles. The van der Waals surface area contributed by atoms with Gasteiger partial charge in [-0.15, -0.1) is 11.3 Å². The van der Waals surface area contributed by atoms with Gasteiger partial charge in [0.05, 0.1) is 28.3 Å². The Balaban J connectivity index is 1.75. The summed E-state index contributed by atoms with van der Waals surface area (Å²) in [4.78, 5) is 17.5. The maximum Gasteiger partial charge on any atom is 0.338 e. The van der Waals surface area contributed by atoms with Crippen molar-refractivity contribution in [3.63, 3.8) is 0 Å². The first-order valence-corrected chi connectivity index (χ1v) is 12.3. The van der Waals surface area contributed by atoms with Gasteiger partial charge < -0.3 is 4.74 Å². The molecule has 0 aliphatic carbocycles. The van der Waals surface area contributed by atoms with Crippen LogP contribution in [-0.4, -0.2) is 33.0 Å². The summed E-state index contributed by atoms with van der Waals surface area (Å²) >= 11 is 7.29. The minimum Gasteiger partial charge on any atom is -0.465 e. The number of carbonyl (C=O) groups is 1. The molecule has 32 heavy (non-hydrogen) atoms. The van der Waals surface area contributed by atoms with E-state index in [0.29, 0.717) is 28.1 Å². The number of rotatable bonds is 7. The van der Waals surface area contributed by atoms with Gasteiger partial charge in [0.1, 0.15) is 10.8 Å². The van der Waals surface area contributed by atoms with Crippen LogP contribution in [0.1, 0.15) is 32.1 Å². The first kappa shape index (κ1) is 24.3. The fraction of sp³-hybridized carbons (Fsp3) is 0.273. The maximum absolute atomic E-state index is 13.4. The van der Waals surface area contributed by atoms with Crippen LogP contribution < -0.4 is 4.72 Å². The van der Waals surface area contributed by atoms with Crippen molar-refractivity contribution in [1.82, 2.24) is 9.71 Å². The molecule has 1 aromatic heterocycles. The van der Waals surface area contributed by atoms with Crippen molar-refractivity contribution in [3.8, 4) is 10.6 Å². The number of ether oxygens (including phenoxy) is 1. The molecule has 3 aromatic rings. The molecule has 170 valence electrons. The lowest BCUT2D eigenvalue weighted by atomic mass is 10.0. The average molecular weight is 497 g/mol. The van der Waals surface area contributed by atoms with Gasteiger partial charge >= 0.3 is 5.97 Å². The van der Waals surface area contributed by atoms with Crippen molar-refractivity contribution in [2.75, 3.05) is 13.7 Å². The van der Waals surface area contributed by atoms with Crippen molar-refractivity contribution in [1.29, 1.82) is 0 Å². The van der Waals surface area contributed by atoms with Gasteiger partial charge in [0.15, 0.2) is 0 Å². The molecule has 2 aromatic carbocycles. The Morgan fingerprint density at radius 1 is 1.22 bits per heavy atom. The molecule has 0 atom stereocenters. The van der Waals surface area contributed by atoms with E-state index in [1.807, 2.05) is 6.92 Å². The van der Waals surface area contributed by atoms with Crippen LogP contribution in [0.25, 0.3) is 10.6 Å². The molecule has 0 spiro atoms. The van der Waals surface area contributed by atoms with E-state index in [4.69, 9.17) is 16.3 Å². The summed E-state index contributed by atoms with van der Waals surface area (Å²) in [6, 6.07) is 7.24. The standard InChI is InChI=1S/C22H22ClFN2O4S2/c1-12-9-16(11-17(13(12)2)22(27)30-4)32(28,29)25-8-7-20-14(3)31-21(26-20)15-5-6-19(24)18(23)10-15/h5-6,9-11,25H,7-8H2,1-4H3. The summed E-state index contributed by atoms with van der Waals surface area (Å²) in [5, 5.41) is 0.698. The Labute approximate surface area is 195 Å². The minimum atomic E-state index is -3.84. The van der Waals surface area contributed by atoms with E-state index in [1.54, 1.807) is 19.9 Å². The van der Waals surface area contributed by atoms with Crippen LogP contribution in [0.5, 0.6) is 0 Å². The Morgan fingerprint density at radius 2 is 1.94 bits per heavy atom. The Hall–Kier alpha value is -2.33. The van der Waals surface area contributed by atoms with E-state index in [0.717, 1.165) is 10.6 Å². The van der Waals surface area contributed by atoms with Gasteiger partial charge in [0.25, 0.3) is 0 Å². The van der Waals surface area contributed by atoms with Crippen molar-refractivity contribution >= 4 is 38.9 Å². The van der Waals surface area contributed by atoms with Crippen molar-refractivity contribution in [2.24, 2.45) is 0 Å². The smallest absolute Gasteiger partial charge is 0.338 e. The number of esters is 1. The van der Waals surface area contributed by atoms with Crippen LogP contribution >= 0.6 is 22.9 Å². The highest BCUT2D eigenvalue weighted by Gasteiger charge is 2.20. The van der Waals surface area contributed by atoms with Crippen LogP contribution in [0, 0.1) is 26.6 Å². The van der Waals surface area contributed by atoms with E-state index in [2.05, 4.69) is 9.71 Å². The number of halogens is 2. The van der Waals surface area contributed by atoms with Crippen molar-refractivity contribution in [3.05, 3.63) is 68.4 Å². The van der Waals surface area contributed by atoms with Gasteiger partial charge in [-0.3, -0.25) is 0 Å². The predicted molar refractivity (Wildman–Crippen MR) is 123 cm³/mol. The summed E-state index contributed by atoms with van der Waals surface area (Å²) in [5.41, 5.74) is 2.99. The van der Waals surface area contributed by atoms with Crippen molar-refractivity contribution < 1.29 is 22.3 Å². The summed E-state index contributed by atoms with van der Waals surface area (Å²) in [7, 11) is -2.59. The largest absolute Gasteiger partial charge is 0.465 e. The van der Waals surface area contributed by atoms with E-state index in [1.165, 1.54) is 42.7 Å². The molecular formula is C22H22ClFN2O4S2. The number of nitrogens with zero attached hydrogens (tertiary/aromatic N) is 1. The zero-order chi connectivity index (χ0) is 23.6. The number of hydrogen-bond donors (Lipinski definition) is 1. The second kappa shape index (κ2) is 9.66. The molecule has 0 bridgehead atoms. The number of carbonyl (C=O) groups excluding carboxylic acids is 1. The molecule has 1 heterocycles. The summed E-state index contributed by atoms with van der Waals surface area (Å²) < 4.78 is 46.3. The zero-order valence-corrected chi connectivity index (χ0v) is 20.3. The van der Waals surface area contributed by atoms with Crippen LogP contribution in [0.15, 0.2) is 35.2 Å². The number of aromatic nitrogens is 1. The highest BCUT2D eigenvalue weighted by atomic mass is 35.5. The Kier molecular flexibility index (Phi) is 7.34. The van der Waals surface area contributed by atoms with E-state index in [9.17, 15) is 17.6 Å². The third kappa shape index (κ3) is 5.17. The van der Waals surface area contributed by atoms with Crippen LogP contribution in [-0.2, 0) is 21.2 Å². The van der Waals surface area contributed by atoms with Gasteiger partial charge in [0.2, 0.25) is 10.0 Å². The number of thiazole rings is 1. The van der Waals surface area contributed by atoms with Crippen LogP contribution in [0.3, 0.4) is 0 Å². The summed E-state index contributed by atoms with van der Waals surface area (Å²) in [5.74, 6) is -1.09. The first-order chi connectivity index (χ1) is 15.0. The fourth-order valence-corrected chi connectivity index (χ4v) is 5.38. The topological polar surface area (TPSA) is 85.4 Å². The molecule has 0 unspecified atom stereocenters. The molecule has 0 saturated carbocycles. The first-order valence-electron chi connectivity index (χ1n) is 9.64. The number of sulfonamides is 1. The van der Waals surface area contributed by atoms with E-state index >= 15 is 0 Å². The van der Waals surface area contributed by atoms with Gasteiger partial charge in [-0.05, 0) is 62.2 Å². The van der Waals surface area contributed by atoms with Gasteiger partial charge in [-0.25, -0.2) is 27.3 Å². The highest BCUT2D eigenvalue weighted by Crippen LogP contribution is 2.30. The average Bonchev–Trinajstić information content (AvgIpc) is 3.11. The molecule has 6 nitrogen and oxygen atoms in total. The molecular weight excluding hydrogens is 475 g/mol. The second-order valence-corrected chi connectivity index (χ2v) is 10.6. The van der Waals surface area contributed by atoms with Gasteiger partial charge in [-0.2, -0.15) is 0 Å². The quantitative estimate of drug-likeness (QED) is 0.473. The lowest BCUT2D eigenvalue weighted by Gasteiger charge is -2.12. The fourth-order valence-electron chi connectivity index (χ4n) is 3.10. The number of benzene rings is 2. The molecule has 0 amide bonds. The van der Waals surface area contributed by atoms with E-state index < -0.39 is 21.8 Å². The Bertz CT molecular complexity index is 1290. The molecule has 3 rings (SSSR count). The monoisotopic (exact) mass is 496 g/mol. The van der Waals surface area contributed by atoms with Crippen LogP contribution in [0.4, 0.5) is 4.39 Å². The number of methoxy groups -OCH3 is 1. The molecule has 1 N–H and O–H groups in total. The second-order valence-electron chi connectivity index (χ2n) is 7.20. The van der Waals surface area contributed by atoms with Crippen LogP contribution in [0.2, 0.25) is 5.02 Å². The molecule has 0 radical (unpaired) electrons. The predicted octanol–water partition coefficient (Wildman–Crippen LogP) is 4.84. The Morgan fingerprint density at radius 3 is 2.59 bits per heavy atom. The lowest BCUT2D eigenvalue weighted by Crippen LogP contribution is -2.26. The van der Waals surface area contributed by atoms with E-state index in [-0.39, 0.29) is 22.0 Å².